The van der Waals surface area contributed by atoms with Gasteiger partial charge in [-0.3, -0.25) is 14.5 Å². The van der Waals surface area contributed by atoms with E-state index >= 15 is 0 Å². The van der Waals surface area contributed by atoms with E-state index in [1.54, 1.807) is 0 Å². The molecule has 1 aliphatic heterocycles. The van der Waals surface area contributed by atoms with Crippen LogP contribution in [0.5, 0.6) is 0 Å². The van der Waals surface area contributed by atoms with Gasteiger partial charge in [-0.15, -0.1) is 0 Å². The quantitative estimate of drug-likeness (QED) is 0.779. The summed E-state index contributed by atoms with van der Waals surface area (Å²) >= 11 is 5.52. The molecule has 10 heteroatoms. The van der Waals surface area contributed by atoms with Crippen LogP contribution < -0.4 is 11.1 Å². The molecule has 25 heavy (non-hydrogen) atoms. The topological polar surface area (TPSA) is 78.7 Å². The van der Waals surface area contributed by atoms with Gasteiger partial charge in [-0.05, 0) is 18.2 Å². The van der Waals surface area contributed by atoms with Crippen LogP contribution in [0.25, 0.3) is 0 Å². The summed E-state index contributed by atoms with van der Waals surface area (Å²) in [6.45, 7) is 3.12. The molecule has 0 unspecified atom stereocenters. The zero-order valence-corrected chi connectivity index (χ0v) is 14.0. The highest BCUT2D eigenvalue weighted by molar-refractivity contribution is 6.39. The second-order valence-corrected chi connectivity index (χ2v) is 5.98. The molecular weight excluding hydrogens is 361 g/mol. The molecule has 0 saturated carbocycles. The Morgan fingerprint density at radius 1 is 1.20 bits per heavy atom. The molecule has 1 heterocycles. The number of hydrogen-bond acceptors (Lipinski definition) is 4. The second kappa shape index (κ2) is 8.03. The Morgan fingerprint density at radius 2 is 1.84 bits per heavy atom. The SMILES string of the molecule is NCCN1CCN(C(=O)C(=O)Nc2ccc(Cl)c(C(F)(F)F)c2)CC1. The van der Waals surface area contributed by atoms with E-state index < -0.39 is 28.6 Å². The molecule has 1 aromatic rings. The highest BCUT2D eigenvalue weighted by Crippen LogP contribution is 2.36. The van der Waals surface area contributed by atoms with Crippen molar-refractivity contribution in [3.63, 3.8) is 0 Å². The predicted octanol–water partition coefficient (Wildman–Crippen LogP) is 1.40. The van der Waals surface area contributed by atoms with Crippen molar-refractivity contribution in [2.24, 2.45) is 5.73 Å². The van der Waals surface area contributed by atoms with Crippen molar-refractivity contribution in [1.82, 2.24) is 9.80 Å². The third-order valence-corrected chi connectivity index (χ3v) is 4.16. The number of halogens is 4. The Balaban J connectivity index is 1.99. The summed E-state index contributed by atoms with van der Waals surface area (Å²) in [4.78, 5) is 27.6. The Bertz CT molecular complexity index is 646. The molecule has 0 aliphatic carbocycles. The maximum absolute atomic E-state index is 12.8. The van der Waals surface area contributed by atoms with E-state index in [0.29, 0.717) is 45.3 Å². The fraction of sp³-hybridized carbons (Fsp3) is 0.467. The highest BCUT2D eigenvalue weighted by Gasteiger charge is 2.34. The third kappa shape index (κ3) is 5.07. The molecule has 2 rings (SSSR count). The van der Waals surface area contributed by atoms with E-state index in [-0.39, 0.29) is 5.69 Å². The van der Waals surface area contributed by atoms with Crippen LogP contribution in [0.2, 0.25) is 5.02 Å². The molecule has 138 valence electrons. The molecule has 0 aromatic heterocycles. The van der Waals surface area contributed by atoms with Gasteiger partial charge in [0.15, 0.2) is 0 Å². The van der Waals surface area contributed by atoms with Crippen molar-refractivity contribution in [2.45, 2.75) is 6.18 Å². The van der Waals surface area contributed by atoms with E-state index in [2.05, 4.69) is 10.2 Å². The van der Waals surface area contributed by atoms with Crippen LogP contribution in [0.1, 0.15) is 5.56 Å². The third-order valence-electron chi connectivity index (χ3n) is 3.83. The van der Waals surface area contributed by atoms with E-state index in [1.807, 2.05) is 0 Å². The van der Waals surface area contributed by atoms with Crippen molar-refractivity contribution in [2.75, 3.05) is 44.6 Å². The average molecular weight is 379 g/mol. The van der Waals surface area contributed by atoms with Crippen molar-refractivity contribution in [3.8, 4) is 0 Å². The van der Waals surface area contributed by atoms with Crippen LogP contribution in [0.15, 0.2) is 18.2 Å². The number of anilines is 1. The Kier molecular flexibility index (Phi) is 6.26. The minimum atomic E-state index is -4.65. The lowest BCUT2D eigenvalue weighted by atomic mass is 10.2. The van der Waals surface area contributed by atoms with Crippen LogP contribution in [0.3, 0.4) is 0 Å². The highest BCUT2D eigenvalue weighted by atomic mass is 35.5. The van der Waals surface area contributed by atoms with Gasteiger partial charge in [0.05, 0.1) is 10.6 Å². The largest absolute Gasteiger partial charge is 0.417 e. The van der Waals surface area contributed by atoms with E-state index in [9.17, 15) is 22.8 Å². The summed E-state index contributed by atoms with van der Waals surface area (Å²) in [5, 5.41) is 1.71. The molecule has 1 aromatic carbocycles. The maximum Gasteiger partial charge on any atom is 0.417 e. The maximum atomic E-state index is 12.8. The first-order chi connectivity index (χ1) is 11.7. The molecule has 1 saturated heterocycles. The summed E-state index contributed by atoms with van der Waals surface area (Å²) in [5.74, 6) is -1.77. The Hall–Kier alpha value is -1.84. The van der Waals surface area contributed by atoms with Crippen molar-refractivity contribution >= 4 is 29.1 Å². The molecule has 0 atom stereocenters. The zero-order chi connectivity index (χ0) is 18.6. The van der Waals surface area contributed by atoms with E-state index in [4.69, 9.17) is 17.3 Å². The van der Waals surface area contributed by atoms with Crippen molar-refractivity contribution in [3.05, 3.63) is 28.8 Å². The average Bonchev–Trinajstić information content (AvgIpc) is 2.56. The monoisotopic (exact) mass is 378 g/mol. The van der Waals surface area contributed by atoms with Gasteiger partial charge in [0.2, 0.25) is 0 Å². The van der Waals surface area contributed by atoms with E-state index in [1.165, 1.54) is 11.0 Å². The van der Waals surface area contributed by atoms with Gasteiger partial charge in [0, 0.05) is 45.0 Å². The van der Waals surface area contributed by atoms with Crippen LogP contribution >= 0.6 is 11.6 Å². The lowest BCUT2D eigenvalue weighted by molar-refractivity contribution is -0.144. The van der Waals surface area contributed by atoms with E-state index in [0.717, 1.165) is 6.07 Å². The van der Waals surface area contributed by atoms with Gasteiger partial charge >= 0.3 is 18.0 Å². The number of amides is 2. The van der Waals surface area contributed by atoms with Gasteiger partial charge in [0.25, 0.3) is 0 Å². The molecule has 3 N–H and O–H groups in total. The molecule has 0 radical (unpaired) electrons. The van der Waals surface area contributed by atoms with Crippen LogP contribution in [-0.2, 0) is 15.8 Å². The standard InChI is InChI=1S/C15H18ClF3N4O2/c16-12-2-1-10(9-11(12)15(17,18)19)21-13(24)14(25)23-7-5-22(4-3-20)6-8-23/h1-2,9H,3-8,20H2,(H,21,24). The number of benzene rings is 1. The molecule has 1 fully saturated rings. The minimum absolute atomic E-state index is 0.142. The first-order valence-electron chi connectivity index (χ1n) is 7.62. The smallest absolute Gasteiger partial charge is 0.332 e. The number of nitrogens with one attached hydrogen (secondary N) is 1. The first kappa shape index (κ1) is 19.5. The molecule has 0 bridgehead atoms. The fourth-order valence-corrected chi connectivity index (χ4v) is 2.73. The molecular formula is C15H18ClF3N4O2. The summed E-state index contributed by atoms with van der Waals surface area (Å²) in [6, 6.07) is 2.94. The predicted molar refractivity (Wildman–Crippen MR) is 87.2 cm³/mol. The number of nitrogens with zero attached hydrogens (tertiary/aromatic N) is 2. The van der Waals surface area contributed by atoms with Crippen molar-refractivity contribution < 1.29 is 22.8 Å². The van der Waals surface area contributed by atoms with Gasteiger partial charge in [-0.25, -0.2) is 0 Å². The van der Waals surface area contributed by atoms with Crippen molar-refractivity contribution in [1.29, 1.82) is 0 Å². The second-order valence-electron chi connectivity index (χ2n) is 5.57. The lowest BCUT2D eigenvalue weighted by Crippen LogP contribution is -2.52. The zero-order valence-electron chi connectivity index (χ0n) is 13.3. The minimum Gasteiger partial charge on any atom is -0.332 e. The number of nitrogens with two attached hydrogens (primary N) is 1. The number of piperazine rings is 1. The summed E-state index contributed by atoms with van der Waals surface area (Å²) in [6.07, 6.45) is -4.65. The lowest BCUT2D eigenvalue weighted by Gasteiger charge is -2.34. The number of rotatable bonds is 3. The number of carbonyl (C=O) groups is 2. The normalized spacial score (nSPS) is 16.0. The Labute approximate surface area is 147 Å². The van der Waals surface area contributed by atoms with Crippen LogP contribution in [-0.4, -0.2) is 60.9 Å². The van der Waals surface area contributed by atoms with Gasteiger partial charge in [-0.2, -0.15) is 13.2 Å². The summed E-state index contributed by atoms with van der Waals surface area (Å²) in [5.41, 5.74) is 4.25. The Morgan fingerprint density at radius 3 is 2.40 bits per heavy atom. The summed E-state index contributed by atoms with van der Waals surface area (Å²) < 4.78 is 38.5. The number of alkyl halides is 3. The molecule has 0 spiro atoms. The fourth-order valence-electron chi connectivity index (χ4n) is 2.51. The molecule has 2 amide bonds. The first-order valence-corrected chi connectivity index (χ1v) is 7.99. The van der Waals surface area contributed by atoms with Gasteiger partial charge in [0.1, 0.15) is 0 Å². The number of carbonyl (C=O) groups excluding carboxylic acids is 2. The number of hydrogen-bond donors (Lipinski definition) is 2. The van der Waals surface area contributed by atoms with Crippen LogP contribution in [0, 0.1) is 0 Å². The molecule has 6 nitrogen and oxygen atoms in total. The van der Waals surface area contributed by atoms with Crippen LogP contribution in [0.4, 0.5) is 18.9 Å². The van der Waals surface area contributed by atoms with Gasteiger partial charge < -0.3 is 16.0 Å². The molecule has 1 aliphatic rings. The summed E-state index contributed by atoms with van der Waals surface area (Å²) in [7, 11) is 0. The van der Waals surface area contributed by atoms with Gasteiger partial charge in [-0.1, -0.05) is 11.6 Å².